The number of carbonyl (C=O) groups excluding carboxylic acids is 1. The van der Waals surface area contributed by atoms with Crippen LogP contribution in [0.3, 0.4) is 0 Å². The van der Waals surface area contributed by atoms with Gasteiger partial charge in [0.1, 0.15) is 0 Å². The van der Waals surface area contributed by atoms with Crippen molar-refractivity contribution in [2.75, 3.05) is 20.1 Å². The largest absolute Gasteiger partial charge is 0.356 e. The summed E-state index contributed by atoms with van der Waals surface area (Å²) in [7, 11) is 1.95. The fourth-order valence-corrected chi connectivity index (χ4v) is 2.38. The van der Waals surface area contributed by atoms with E-state index in [0.29, 0.717) is 5.92 Å². The van der Waals surface area contributed by atoms with E-state index in [4.69, 9.17) is 0 Å². The molecule has 0 aromatic rings. The maximum Gasteiger partial charge on any atom is 0.223 e. The molecule has 17 heavy (non-hydrogen) atoms. The van der Waals surface area contributed by atoms with Crippen LogP contribution in [-0.4, -0.2) is 26.0 Å². The van der Waals surface area contributed by atoms with Gasteiger partial charge in [-0.1, -0.05) is 32.6 Å². The Morgan fingerprint density at radius 1 is 1.18 bits per heavy atom. The average Bonchev–Trinajstić information content (AvgIpc) is 2.55. The molecule has 0 radical (unpaired) electrons. The smallest absolute Gasteiger partial charge is 0.223 e. The van der Waals surface area contributed by atoms with Crippen LogP contribution in [0.2, 0.25) is 0 Å². The topological polar surface area (TPSA) is 41.1 Å². The molecular formula is C13H27ClN2O. The van der Waals surface area contributed by atoms with Crippen LogP contribution >= 0.6 is 12.4 Å². The van der Waals surface area contributed by atoms with E-state index in [9.17, 15) is 4.79 Å². The Labute approximate surface area is 112 Å². The number of rotatable bonds is 5. The van der Waals surface area contributed by atoms with E-state index in [-0.39, 0.29) is 24.2 Å². The lowest BCUT2D eigenvalue weighted by molar-refractivity contribution is -0.125. The maximum atomic E-state index is 11.9. The summed E-state index contributed by atoms with van der Waals surface area (Å²) in [4.78, 5) is 11.9. The van der Waals surface area contributed by atoms with Gasteiger partial charge in [-0.15, -0.1) is 12.4 Å². The van der Waals surface area contributed by atoms with Crippen molar-refractivity contribution in [1.29, 1.82) is 0 Å². The van der Waals surface area contributed by atoms with E-state index in [1.165, 1.54) is 25.7 Å². The Kier molecular flexibility index (Phi) is 9.56. The zero-order valence-corrected chi connectivity index (χ0v) is 11.9. The quantitative estimate of drug-likeness (QED) is 0.747. The lowest BCUT2D eigenvalue weighted by atomic mass is 9.99. The molecule has 0 aromatic heterocycles. The van der Waals surface area contributed by atoms with Crippen LogP contribution in [0.4, 0.5) is 0 Å². The van der Waals surface area contributed by atoms with Crippen LogP contribution in [0.15, 0.2) is 0 Å². The van der Waals surface area contributed by atoms with Gasteiger partial charge < -0.3 is 10.6 Å². The highest BCUT2D eigenvalue weighted by molar-refractivity contribution is 5.85. The predicted molar refractivity (Wildman–Crippen MR) is 74.5 cm³/mol. The Bertz CT molecular complexity index is 204. The molecule has 0 heterocycles. The zero-order valence-electron chi connectivity index (χ0n) is 11.1. The van der Waals surface area contributed by atoms with E-state index < -0.39 is 0 Å². The van der Waals surface area contributed by atoms with E-state index in [1.807, 2.05) is 7.05 Å². The molecule has 2 N–H and O–H groups in total. The van der Waals surface area contributed by atoms with Gasteiger partial charge in [0.05, 0.1) is 0 Å². The minimum absolute atomic E-state index is 0. The van der Waals surface area contributed by atoms with E-state index in [2.05, 4.69) is 17.6 Å². The SMILES string of the molecule is CNCC(C)CNC(=O)C1CCCCCC1.Cl. The number of hydrogen-bond acceptors (Lipinski definition) is 2. The number of nitrogens with one attached hydrogen (secondary N) is 2. The molecule has 0 bridgehead atoms. The molecule has 1 aliphatic carbocycles. The molecule has 0 aromatic carbocycles. The van der Waals surface area contributed by atoms with E-state index in [0.717, 1.165) is 25.9 Å². The molecule has 1 unspecified atom stereocenters. The van der Waals surface area contributed by atoms with E-state index >= 15 is 0 Å². The molecule has 1 amide bonds. The molecule has 0 saturated heterocycles. The summed E-state index contributed by atoms with van der Waals surface area (Å²) in [6.07, 6.45) is 7.24. The first-order valence-corrected chi connectivity index (χ1v) is 6.66. The summed E-state index contributed by atoms with van der Waals surface area (Å²) in [6, 6.07) is 0. The second-order valence-corrected chi connectivity index (χ2v) is 5.10. The second-order valence-electron chi connectivity index (χ2n) is 5.10. The molecule has 4 heteroatoms. The third-order valence-corrected chi connectivity index (χ3v) is 3.40. The molecule has 1 rings (SSSR count). The third-order valence-electron chi connectivity index (χ3n) is 3.40. The summed E-state index contributed by atoms with van der Waals surface area (Å²) in [5, 5.41) is 6.22. The molecule has 102 valence electrons. The van der Waals surface area contributed by atoms with Crippen molar-refractivity contribution in [3.05, 3.63) is 0 Å². The van der Waals surface area contributed by atoms with Crippen molar-refractivity contribution in [2.24, 2.45) is 11.8 Å². The van der Waals surface area contributed by atoms with Gasteiger partial charge in [-0.25, -0.2) is 0 Å². The Hall–Kier alpha value is -0.280. The zero-order chi connectivity index (χ0) is 11.8. The first kappa shape index (κ1) is 16.7. The van der Waals surface area contributed by atoms with Crippen LogP contribution in [0.25, 0.3) is 0 Å². The van der Waals surface area contributed by atoms with Gasteiger partial charge in [0.15, 0.2) is 0 Å². The highest BCUT2D eigenvalue weighted by Crippen LogP contribution is 2.22. The lowest BCUT2D eigenvalue weighted by Gasteiger charge is -2.16. The van der Waals surface area contributed by atoms with Crippen molar-refractivity contribution in [3.8, 4) is 0 Å². The Morgan fingerprint density at radius 3 is 2.29 bits per heavy atom. The molecule has 0 aliphatic heterocycles. The first-order chi connectivity index (χ1) is 7.74. The minimum atomic E-state index is 0. The average molecular weight is 263 g/mol. The molecule has 0 spiro atoms. The first-order valence-electron chi connectivity index (χ1n) is 6.66. The Morgan fingerprint density at radius 2 is 1.76 bits per heavy atom. The molecule has 1 fully saturated rings. The van der Waals surface area contributed by atoms with Crippen molar-refractivity contribution in [1.82, 2.24) is 10.6 Å². The summed E-state index contributed by atoms with van der Waals surface area (Å²) in [5.41, 5.74) is 0. The van der Waals surface area contributed by atoms with Gasteiger partial charge in [0.2, 0.25) is 5.91 Å². The molecule has 1 atom stereocenters. The highest BCUT2D eigenvalue weighted by Gasteiger charge is 2.19. The second kappa shape index (κ2) is 9.72. The Balaban J connectivity index is 0.00000256. The summed E-state index contributed by atoms with van der Waals surface area (Å²) in [5.74, 6) is 1.08. The number of carbonyl (C=O) groups is 1. The predicted octanol–water partition coefficient (Wildman–Crippen LogP) is 2.35. The van der Waals surface area contributed by atoms with Crippen LogP contribution in [0.5, 0.6) is 0 Å². The molecule has 1 aliphatic rings. The van der Waals surface area contributed by atoms with Gasteiger partial charge in [-0.05, 0) is 32.4 Å². The van der Waals surface area contributed by atoms with Gasteiger partial charge in [0, 0.05) is 12.5 Å². The number of hydrogen-bond donors (Lipinski definition) is 2. The maximum absolute atomic E-state index is 11.9. The van der Waals surface area contributed by atoms with Gasteiger partial charge in [0.25, 0.3) is 0 Å². The minimum Gasteiger partial charge on any atom is -0.356 e. The fourth-order valence-electron chi connectivity index (χ4n) is 2.38. The van der Waals surface area contributed by atoms with Crippen LogP contribution in [0.1, 0.15) is 45.4 Å². The van der Waals surface area contributed by atoms with Crippen LogP contribution < -0.4 is 10.6 Å². The molecule has 1 saturated carbocycles. The van der Waals surface area contributed by atoms with Crippen molar-refractivity contribution >= 4 is 18.3 Å². The highest BCUT2D eigenvalue weighted by atomic mass is 35.5. The number of halogens is 1. The summed E-state index contributed by atoms with van der Waals surface area (Å²) in [6.45, 7) is 3.92. The molecular weight excluding hydrogens is 236 g/mol. The summed E-state index contributed by atoms with van der Waals surface area (Å²) >= 11 is 0. The van der Waals surface area contributed by atoms with Gasteiger partial charge in [-0.3, -0.25) is 4.79 Å². The van der Waals surface area contributed by atoms with Gasteiger partial charge in [-0.2, -0.15) is 0 Å². The summed E-state index contributed by atoms with van der Waals surface area (Å²) < 4.78 is 0. The fraction of sp³-hybridized carbons (Fsp3) is 0.923. The third kappa shape index (κ3) is 6.89. The monoisotopic (exact) mass is 262 g/mol. The van der Waals surface area contributed by atoms with E-state index in [1.54, 1.807) is 0 Å². The standard InChI is InChI=1S/C13H26N2O.ClH/c1-11(9-14-2)10-15-13(16)12-7-5-3-4-6-8-12;/h11-12,14H,3-10H2,1-2H3,(H,15,16);1H. The van der Waals surface area contributed by atoms with Crippen LogP contribution in [0, 0.1) is 11.8 Å². The number of amides is 1. The van der Waals surface area contributed by atoms with Gasteiger partial charge >= 0.3 is 0 Å². The molecule has 3 nitrogen and oxygen atoms in total. The van der Waals surface area contributed by atoms with Crippen molar-refractivity contribution in [3.63, 3.8) is 0 Å². The van der Waals surface area contributed by atoms with Crippen molar-refractivity contribution in [2.45, 2.75) is 45.4 Å². The van der Waals surface area contributed by atoms with Crippen LogP contribution in [-0.2, 0) is 4.79 Å². The normalized spacial score (nSPS) is 18.9. The lowest BCUT2D eigenvalue weighted by Crippen LogP contribution is -2.36. The van der Waals surface area contributed by atoms with Crippen molar-refractivity contribution < 1.29 is 4.79 Å².